The molecule has 0 radical (unpaired) electrons. The summed E-state index contributed by atoms with van der Waals surface area (Å²) < 4.78 is 14.9. The fraction of sp³-hybridized carbons (Fsp3) is 0.158. The summed E-state index contributed by atoms with van der Waals surface area (Å²) in [7, 11) is 0. The summed E-state index contributed by atoms with van der Waals surface area (Å²) in [5.74, 6) is -0.474. The summed E-state index contributed by atoms with van der Waals surface area (Å²) >= 11 is 1.39. The first-order valence-electron chi connectivity index (χ1n) is 8.38. The van der Waals surface area contributed by atoms with E-state index < -0.39 is 0 Å². The van der Waals surface area contributed by atoms with Crippen LogP contribution in [0.15, 0.2) is 54.4 Å². The molecule has 0 saturated heterocycles. The van der Waals surface area contributed by atoms with Crippen molar-refractivity contribution in [1.82, 2.24) is 24.7 Å². The molecular weight excluding hydrogens is 365 g/mol. The first-order valence-corrected chi connectivity index (χ1v) is 9.26. The number of carbonyl (C=O) groups is 1. The third kappa shape index (κ3) is 3.70. The maximum atomic E-state index is 13.1. The van der Waals surface area contributed by atoms with Crippen LogP contribution in [0.1, 0.15) is 23.1 Å². The number of nitrogens with one attached hydrogen (secondary N) is 1. The Morgan fingerprint density at radius 1 is 1.30 bits per heavy atom. The summed E-state index contributed by atoms with van der Waals surface area (Å²) in [5, 5.41) is 4.76. The summed E-state index contributed by atoms with van der Waals surface area (Å²) in [6.07, 6.45) is 7.33. The monoisotopic (exact) mass is 381 g/mol. The van der Waals surface area contributed by atoms with Gasteiger partial charge in [0, 0.05) is 48.2 Å². The van der Waals surface area contributed by atoms with Crippen LogP contribution in [0.3, 0.4) is 0 Å². The van der Waals surface area contributed by atoms with Crippen LogP contribution in [-0.2, 0) is 6.42 Å². The molecule has 4 rings (SSSR count). The molecule has 3 heterocycles. The second-order valence-electron chi connectivity index (χ2n) is 6.18. The van der Waals surface area contributed by atoms with Crippen molar-refractivity contribution >= 4 is 22.2 Å². The van der Waals surface area contributed by atoms with Crippen LogP contribution < -0.4 is 5.32 Å². The number of amides is 1. The smallest absolute Gasteiger partial charge is 0.269 e. The largest absolute Gasteiger partial charge is 0.348 e. The molecule has 0 unspecified atom stereocenters. The molecule has 1 atom stereocenters. The Balaban J connectivity index is 1.52. The number of benzene rings is 1. The Hall–Kier alpha value is -3.13. The zero-order chi connectivity index (χ0) is 18.8. The second kappa shape index (κ2) is 7.24. The van der Waals surface area contributed by atoms with Crippen molar-refractivity contribution in [1.29, 1.82) is 0 Å². The number of hydrogen-bond donors (Lipinski definition) is 1. The van der Waals surface area contributed by atoms with Gasteiger partial charge in [-0.1, -0.05) is 0 Å². The molecule has 1 aromatic carbocycles. The van der Waals surface area contributed by atoms with Gasteiger partial charge in [-0.3, -0.25) is 19.2 Å². The number of hydrogen-bond acceptors (Lipinski definition) is 5. The minimum Gasteiger partial charge on any atom is -0.348 e. The van der Waals surface area contributed by atoms with E-state index in [9.17, 15) is 9.18 Å². The number of aromatic nitrogens is 4. The van der Waals surface area contributed by atoms with Gasteiger partial charge in [0.1, 0.15) is 11.5 Å². The van der Waals surface area contributed by atoms with Crippen LogP contribution in [0.25, 0.3) is 16.2 Å². The fourth-order valence-corrected chi connectivity index (χ4v) is 3.66. The minimum atomic E-state index is -0.295. The molecule has 0 fully saturated rings. The van der Waals surface area contributed by atoms with Crippen molar-refractivity contribution in [2.45, 2.75) is 19.4 Å². The van der Waals surface area contributed by atoms with Gasteiger partial charge < -0.3 is 5.32 Å². The maximum Gasteiger partial charge on any atom is 0.269 e. The molecule has 4 aromatic rings. The van der Waals surface area contributed by atoms with Crippen LogP contribution in [0.4, 0.5) is 4.39 Å². The molecule has 0 spiro atoms. The number of halogens is 1. The molecule has 1 N–H and O–H groups in total. The molecule has 8 heteroatoms. The molecule has 0 saturated carbocycles. The highest BCUT2D eigenvalue weighted by Crippen LogP contribution is 2.24. The second-order valence-corrected chi connectivity index (χ2v) is 7.02. The molecule has 27 heavy (non-hydrogen) atoms. The third-order valence-corrected chi connectivity index (χ3v) is 4.93. The van der Waals surface area contributed by atoms with Gasteiger partial charge in [-0.15, -0.1) is 11.3 Å². The van der Waals surface area contributed by atoms with Gasteiger partial charge >= 0.3 is 0 Å². The molecule has 0 aliphatic rings. The van der Waals surface area contributed by atoms with Gasteiger partial charge in [-0.05, 0) is 31.2 Å². The van der Waals surface area contributed by atoms with Crippen molar-refractivity contribution in [3.63, 3.8) is 0 Å². The topological polar surface area (TPSA) is 72.2 Å². The highest BCUT2D eigenvalue weighted by atomic mass is 32.1. The quantitative estimate of drug-likeness (QED) is 0.575. The van der Waals surface area contributed by atoms with E-state index in [4.69, 9.17) is 0 Å². The number of nitrogens with zero attached hydrogens (tertiary/aromatic N) is 4. The summed E-state index contributed by atoms with van der Waals surface area (Å²) in [4.78, 5) is 26.2. The van der Waals surface area contributed by atoms with Crippen molar-refractivity contribution in [3.8, 4) is 11.3 Å². The number of rotatable bonds is 5. The number of imidazole rings is 1. The van der Waals surface area contributed by atoms with E-state index in [0.29, 0.717) is 22.8 Å². The zero-order valence-electron chi connectivity index (χ0n) is 14.5. The molecule has 3 aromatic heterocycles. The SMILES string of the molecule is C[C@@H](Cc1cnccn1)NC(=O)c1csc2nc(-c3ccc(F)cc3)cn12. The number of thiazole rings is 1. The van der Waals surface area contributed by atoms with Crippen LogP contribution >= 0.6 is 11.3 Å². The predicted molar refractivity (Wildman–Crippen MR) is 101 cm³/mol. The summed E-state index contributed by atoms with van der Waals surface area (Å²) in [6.45, 7) is 1.92. The summed E-state index contributed by atoms with van der Waals surface area (Å²) in [6, 6.07) is 6.04. The lowest BCUT2D eigenvalue weighted by Gasteiger charge is -2.12. The van der Waals surface area contributed by atoms with Gasteiger partial charge in [-0.25, -0.2) is 9.37 Å². The van der Waals surface area contributed by atoms with Crippen molar-refractivity contribution in [2.24, 2.45) is 0 Å². The minimum absolute atomic E-state index is 0.0933. The van der Waals surface area contributed by atoms with Crippen molar-refractivity contribution in [2.75, 3.05) is 0 Å². The van der Waals surface area contributed by atoms with Crippen molar-refractivity contribution < 1.29 is 9.18 Å². The lowest BCUT2D eigenvalue weighted by atomic mass is 10.2. The highest BCUT2D eigenvalue weighted by Gasteiger charge is 2.17. The van der Waals surface area contributed by atoms with Gasteiger partial charge in [0.05, 0.1) is 11.4 Å². The first-order chi connectivity index (χ1) is 13.1. The normalized spacial score (nSPS) is 12.2. The molecule has 0 aliphatic carbocycles. The fourth-order valence-electron chi connectivity index (χ4n) is 2.80. The predicted octanol–water partition coefficient (Wildman–Crippen LogP) is 3.35. The first kappa shape index (κ1) is 17.3. The Kier molecular flexibility index (Phi) is 4.64. The van der Waals surface area contributed by atoms with Gasteiger partial charge in [0.25, 0.3) is 5.91 Å². The Labute approximate surface area is 158 Å². The van der Waals surface area contributed by atoms with Crippen LogP contribution in [0.2, 0.25) is 0 Å². The van der Waals surface area contributed by atoms with E-state index in [1.54, 1.807) is 46.7 Å². The van der Waals surface area contributed by atoms with Gasteiger partial charge in [0.15, 0.2) is 4.96 Å². The highest BCUT2D eigenvalue weighted by molar-refractivity contribution is 7.15. The zero-order valence-corrected chi connectivity index (χ0v) is 15.3. The van der Waals surface area contributed by atoms with E-state index in [2.05, 4.69) is 20.3 Å². The Morgan fingerprint density at radius 2 is 2.11 bits per heavy atom. The lowest BCUT2D eigenvalue weighted by molar-refractivity contribution is 0.0934. The van der Waals surface area contributed by atoms with Crippen LogP contribution in [-0.4, -0.2) is 31.3 Å². The molecule has 1 amide bonds. The standard InChI is InChI=1S/C19H16FN5OS/c1-12(8-15-9-21-6-7-22-15)23-18(26)17-11-27-19-24-16(10-25(17)19)13-2-4-14(20)5-3-13/h2-7,9-12H,8H2,1H3,(H,23,26)/t12-/m0/s1. The van der Waals surface area contributed by atoms with Gasteiger partial charge in [0.2, 0.25) is 0 Å². The lowest BCUT2D eigenvalue weighted by Crippen LogP contribution is -2.34. The molecular formula is C19H16FN5OS. The molecule has 0 bridgehead atoms. The van der Waals surface area contributed by atoms with E-state index in [0.717, 1.165) is 11.3 Å². The Bertz CT molecular complexity index is 1070. The number of carbonyl (C=O) groups excluding carboxylic acids is 1. The molecule has 136 valence electrons. The van der Waals surface area contributed by atoms with E-state index >= 15 is 0 Å². The average molecular weight is 381 g/mol. The maximum absolute atomic E-state index is 13.1. The molecule has 6 nitrogen and oxygen atoms in total. The summed E-state index contributed by atoms with van der Waals surface area (Å²) in [5.41, 5.74) is 2.84. The van der Waals surface area contributed by atoms with Gasteiger partial charge in [-0.2, -0.15) is 0 Å². The van der Waals surface area contributed by atoms with Crippen LogP contribution in [0, 0.1) is 5.82 Å². The van der Waals surface area contributed by atoms with E-state index in [1.807, 2.05) is 6.92 Å². The average Bonchev–Trinajstić information content (AvgIpc) is 3.23. The number of fused-ring (bicyclic) bond motifs is 1. The Morgan fingerprint density at radius 3 is 2.85 bits per heavy atom. The molecule has 0 aliphatic heterocycles. The third-order valence-electron chi connectivity index (χ3n) is 4.09. The van der Waals surface area contributed by atoms with Crippen molar-refractivity contribution in [3.05, 3.63) is 71.6 Å². The van der Waals surface area contributed by atoms with E-state index in [-0.39, 0.29) is 17.8 Å². The van der Waals surface area contributed by atoms with E-state index in [1.165, 1.54) is 23.5 Å². The van der Waals surface area contributed by atoms with Crippen LogP contribution in [0.5, 0.6) is 0 Å².